The molecule has 0 radical (unpaired) electrons. The highest BCUT2D eigenvalue weighted by Gasteiger charge is 2.30. The van der Waals surface area contributed by atoms with Gasteiger partial charge in [-0.1, -0.05) is 37.6 Å². The average molecular weight is 464 g/mol. The van der Waals surface area contributed by atoms with Crippen LogP contribution in [0.1, 0.15) is 41.5 Å². The number of thiazole rings is 1. The lowest BCUT2D eigenvalue weighted by Gasteiger charge is -2.07. The van der Waals surface area contributed by atoms with Gasteiger partial charge < -0.3 is 4.74 Å². The first kappa shape index (κ1) is 23.7. The summed E-state index contributed by atoms with van der Waals surface area (Å²) in [5, 5.41) is 0.673. The minimum atomic E-state index is -4.36. The van der Waals surface area contributed by atoms with Gasteiger partial charge in [-0.3, -0.25) is 10.2 Å². The number of nitrogens with two attached hydrogens (primary N) is 1. The van der Waals surface area contributed by atoms with Crippen LogP contribution in [0.5, 0.6) is 5.75 Å². The zero-order valence-electron chi connectivity index (χ0n) is 17.5. The number of aryl methyl sites for hydroxylation is 1. The van der Waals surface area contributed by atoms with E-state index in [2.05, 4.69) is 17.3 Å². The van der Waals surface area contributed by atoms with Gasteiger partial charge in [-0.25, -0.2) is 10.8 Å². The first-order chi connectivity index (χ1) is 15.3. The van der Waals surface area contributed by atoms with E-state index in [0.29, 0.717) is 22.9 Å². The molecule has 9 heteroatoms. The predicted octanol–water partition coefficient (Wildman–Crippen LogP) is 5.28. The minimum Gasteiger partial charge on any atom is -0.488 e. The first-order valence-corrected chi connectivity index (χ1v) is 11.0. The van der Waals surface area contributed by atoms with Crippen LogP contribution in [-0.4, -0.2) is 10.9 Å². The molecule has 0 aliphatic heterocycles. The number of ether oxygens (including phenoxy) is 1. The number of halogens is 3. The molecule has 3 aromatic rings. The number of aromatic nitrogens is 1. The van der Waals surface area contributed by atoms with E-state index in [9.17, 15) is 18.0 Å². The van der Waals surface area contributed by atoms with Gasteiger partial charge in [0.1, 0.15) is 17.4 Å². The van der Waals surface area contributed by atoms with Crippen LogP contribution in [0.4, 0.5) is 13.2 Å². The maximum absolute atomic E-state index is 12.8. The van der Waals surface area contributed by atoms with Crippen LogP contribution in [0.15, 0.2) is 48.5 Å². The lowest BCUT2D eigenvalue weighted by atomic mass is 10.1. The second-order valence-corrected chi connectivity index (χ2v) is 8.33. The Morgan fingerprint density at radius 3 is 2.41 bits per heavy atom. The van der Waals surface area contributed by atoms with Gasteiger partial charge in [0.25, 0.3) is 0 Å². The zero-order valence-corrected chi connectivity index (χ0v) is 18.4. The quantitative estimate of drug-likeness (QED) is 0.257. The van der Waals surface area contributed by atoms with Crippen LogP contribution in [0.2, 0.25) is 0 Å². The molecule has 0 fully saturated rings. The largest absolute Gasteiger partial charge is 0.488 e. The van der Waals surface area contributed by atoms with Crippen LogP contribution in [0.25, 0.3) is 10.6 Å². The topological polar surface area (TPSA) is 77.2 Å². The summed E-state index contributed by atoms with van der Waals surface area (Å²) in [7, 11) is 0. The van der Waals surface area contributed by atoms with Crippen LogP contribution in [0.3, 0.4) is 0 Å². The number of carbonyl (C=O) groups excluding carboxylic acids is 1. The molecule has 0 aliphatic carbocycles. The molecule has 0 bridgehead atoms. The Morgan fingerprint density at radius 2 is 1.81 bits per heavy atom. The third-order valence-corrected chi connectivity index (χ3v) is 5.94. The Bertz CT molecular complexity index is 1030. The zero-order chi connectivity index (χ0) is 23.1. The summed E-state index contributed by atoms with van der Waals surface area (Å²) < 4.78 is 44.4. The number of unbranched alkanes of at least 4 members (excludes halogenated alkanes) is 1. The molecule has 0 atom stereocenters. The lowest BCUT2D eigenvalue weighted by molar-refractivity contribution is -0.137. The number of amides is 1. The molecule has 1 aromatic heterocycles. The molecule has 0 spiro atoms. The van der Waals surface area contributed by atoms with Gasteiger partial charge in [-0.2, -0.15) is 13.2 Å². The summed E-state index contributed by atoms with van der Waals surface area (Å²) >= 11 is 1.43. The molecule has 3 rings (SSSR count). The third kappa shape index (κ3) is 6.30. The van der Waals surface area contributed by atoms with Crippen molar-refractivity contribution in [2.45, 2.75) is 45.4 Å². The SMILES string of the molecule is CCCCc1nc(-c2ccc(C(F)(F)F)cc2)sc1COc1ccc(CC(=O)NN)cc1. The third-order valence-electron chi connectivity index (χ3n) is 4.82. The number of hydrogen-bond acceptors (Lipinski definition) is 5. The average Bonchev–Trinajstić information content (AvgIpc) is 3.19. The van der Waals surface area contributed by atoms with Gasteiger partial charge >= 0.3 is 6.18 Å². The smallest absolute Gasteiger partial charge is 0.416 e. The normalized spacial score (nSPS) is 11.4. The molecule has 3 N–H and O–H groups in total. The lowest BCUT2D eigenvalue weighted by Crippen LogP contribution is -2.31. The monoisotopic (exact) mass is 463 g/mol. The summed E-state index contributed by atoms with van der Waals surface area (Å²) in [5.74, 6) is 5.47. The van der Waals surface area contributed by atoms with Gasteiger partial charge in [0.2, 0.25) is 5.91 Å². The number of hydrazine groups is 1. The molecule has 1 amide bonds. The van der Waals surface area contributed by atoms with Crippen molar-refractivity contribution in [2.24, 2.45) is 5.84 Å². The number of nitrogens with zero attached hydrogens (tertiary/aromatic N) is 1. The molecule has 0 saturated carbocycles. The Kier molecular flexibility index (Phi) is 7.87. The molecule has 0 saturated heterocycles. The van der Waals surface area contributed by atoms with E-state index in [1.807, 2.05) is 0 Å². The first-order valence-electron chi connectivity index (χ1n) is 10.2. The maximum atomic E-state index is 12.8. The second kappa shape index (κ2) is 10.6. The van der Waals surface area contributed by atoms with Crippen molar-refractivity contribution in [3.63, 3.8) is 0 Å². The number of nitrogens with one attached hydrogen (secondary N) is 1. The highest BCUT2D eigenvalue weighted by molar-refractivity contribution is 7.15. The highest BCUT2D eigenvalue weighted by Crippen LogP contribution is 2.34. The number of rotatable bonds is 9. The van der Waals surface area contributed by atoms with Crippen molar-refractivity contribution in [3.8, 4) is 16.3 Å². The van der Waals surface area contributed by atoms with E-state index in [0.717, 1.165) is 47.5 Å². The Balaban J connectivity index is 1.74. The van der Waals surface area contributed by atoms with Crippen LogP contribution in [0, 0.1) is 0 Å². The summed E-state index contributed by atoms with van der Waals surface area (Å²) in [6, 6.07) is 12.2. The molecule has 1 heterocycles. The van der Waals surface area contributed by atoms with Crippen molar-refractivity contribution < 1.29 is 22.7 Å². The van der Waals surface area contributed by atoms with Crippen LogP contribution >= 0.6 is 11.3 Å². The summed E-state index contributed by atoms with van der Waals surface area (Å²) in [6.45, 7) is 2.39. The molecule has 2 aromatic carbocycles. The number of alkyl halides is 3. The number of benzene rings is 2. The number of hydrogen-bond donors (Lipinski definition) is 2. The van der Waals surface area contributed by atoms with Crippen LogP contribution < -0.4 is 16.0 Å². The summed E-state index contributed by atoms with van der Waals surface area (Å²) in [5.41, 5.74) is 3.78. The molecule has 32 heavy (non-hydrogen) atoms. The van der Waals surface area contributed by atoms with Crippen molar-refractivity contribution in [2.75, 3.05) is 0 Å². The summed E-state index contributed by atoms with van der Waals surface area (Å²) in [6.07, 6.45) is -1.44. The summed E-state index contributed by atoms with van der Waals surface area (Å²) in [4.78, 5) is 17.0. The minimum absolute atomic E-state index is 0.184. The Hall–Kier alpha value is -2.91. The molecular formula is C23H24F3N3O2S. The van der Waals surface area contributed by atoms with E-state index < -0.39 is 11.7 Å². The second-order valence-electron chi connectivity index (χ2n) is 7.24. The van der Waals surface area contributed by atoms with Gasteiger partial charge in [0.15, 0.2) is 0 Å². The van der Waals surface area contributed by atoms with E-state index in [1.165, 1.54) is 23.5 Å². The molecule has 5 nitrogen and oxygen atoms in total. The van der Waals surface area contributed by atoms with Crippen molar-refractivity contribution >= 4 is 17.2 Å². The molecular weight excluding hydrogens is 439 g/mol. The highest BCUT2D eigenvalue weighted by atomic mass is 32.1. The van der Waals surface area contributed by atoms with E-state index >= 15 is 0 Å². The number of carbonyl (C=O) groups is 1. The van der Waals surface area contributed by atoms with E-state index in [-0.39, 0.29) is 12.3 Å². The van der Waals surface area contributed by atoms with Crippen molar-refractivity contribution in [1.29, 1.82) is 0 Å². The fraction of sp³-hybridized carbons (Fsp3) is 0.304. The van der Waals surface area contributed by atoms with Gasteiger partial charge in [0, 0.05) is 5.56 Å². The van der Waals surface area contributed by atoms with Crippen LogP contribution in [-0.2, 0) is 30.4 Å². The fourth-order valence-corrected chi connectivity index (χ4v) is 4.08. The van der Waals surface area contributed by atoms with Gasteiger partial charge in [0.05, 0.1) is 22.6 Å². The van der Waals surface area contributed by atoms with Gasteiger partial charge in [-0.05, 0) is 42.7 Å². The standard InChI is InChI=1S/C23H24F3N3O2S/c1-2-3-4-19-20(14-31-18-11-5-15(6-12-18)13-21(30)29-27)32-22(28-19)16-7-9-17(10-8-16)23(24,25)26/h5-12H,2-4,13-14,27H2,1H3,(H,29,30). The molecule has 170 valence electrons. The maximum Gasteiger partial charge on any atom is 0.416 e. The molecule has 0 aliphatic rings. The van der Waals surface area contributed by atoms with Gasteiger partial charge in [-0.15, -0.1) is 11.3 Å². The Morgan fingerprint density at radius 1 is 1.12 bits per heavy atom. The molecule has 0 unspecified atom stereocenters. The van der Waals surface area contributed by atoms with E-state index in [1.54, 1.807) is 24.3 Å². The van der Waals surface area contributed by atoms with Crippen molar-refractivity contribution in [3.05, 3.63) is 70.2 Å². The predicted molar refractivity (Wildman–Crippen MR) is 118 cm³/mol. The van der Waals surface area contributed by atoms with Crippen molar-refractivity contribution in [1.82, 2.24) is 10.4 Å². The fourth-order valence-electron chi connectivity index (χ4n) is 3.05. The van der Waals surface area contributed by atoms with E-state index in [4.69, 9.17) is 10.6 Å². The Labute approximate surface area is 188 Å².